The zero-order valence-corrected chi connectivity index (χ0v) is 16.3. The third-order valence-corrected chi connectivity index (χ3v) is 5.08. The lowest BCUT2D eigenvalue weighted by atomic mass is 10.1. The van der Waals surface area contributed by atoms with Gasteiger partial charge in [-0.2, -0.15) is 5.10 Å². The number of benzene rings is 1. The maximum atomic E-state index is 13.3. The first-order valence-electron chi connectivity index (χ1n) is 9.74. The normalized spacial score (nSPS) is 14.5. The number of carbonyl (C=O) groups is 1. The highest BCUT2D eigenvalue weighted by molar-refractivity contribution is 5.93. The van der Waals surface area contributed by atoms with Crippen molar-refractivity contribution in [1.29, 1.82) is 0 Å². The van der Waals surface area contributed by atoms with E-state index in [9.17, 15) is 4.79 Å². The fraction of sp³-hybridized carbons (Fsp3) is 0.318. The zero-order chi connectivity index (χ0) is 19.5. The van der Waals surface area contributed by atoms with Gasteiger partial charge in [0.25, 0.3) is 5.91 Å². The van der Waals surface area contributed by atoms with Crippen LogP contribution in [0.5, 0.6) is 0 Å². The van der Waals surface area contributed by atoms with Gasteiger partial charge in [0.05, 0.1) is 11.4 Å². The summed E-state index contributed by atoms with van der Waals surface area (Å²) >= 11 is 0. The van der Waals surface area contributed by atoms with Crippen LogP contribution in [0.1, 0.15) is 35.9 Å². The Morgan fingerprint density at radius 3 is 2.32 bits per heavy atom. The minimum Gasteiger partial charge on any atom is -0.353 e. The number of nitrogens with zero attached hydrogens (tertiary/aromatic N) is 5. The fourth-order valence-electron chi connectivity index (χ4n) is 3.44. The molecular weight excluding hydrogens is 350 g/mol. The summed E-state index contributed by atoms with van der Waals surface area (Å²) in [5.74, 6) is 1.26. The molecule has 1 saturated heterocycles. The quantitative estimate of drug-likeness (QED) is 0.702. The lowest BCUT2D eigenvalue weighted by Gasteiger charge is -2.35. The highest BCUT2D eigenvalue weighted by atomic mass is 16.2. The summed E-state index contributed by atoms with van der Waals surface area (Å²) in [4.78, 5) is 21.9. The first kappa shape index (κ1) is 18.2. The van der Waals surface area contributed by atoms with Gasteiger partial charge in [0.1, 0.15) is 11.5 Å². The van der Waals surface area contributed by atoms with Crippen molar-refractivity contribution in [3.8, 4) is 5.69 Å². The lowest BCUT2D eigenvalue weighted by Crippen LogP contribution is -2.49. The average Bonchev–Trinajstić information content (AvgIpc) is 3.20. The standard InChI is InChI=1S/C22H25N5O/c1-17(2)19-16-20(27(24-19)18-8-4-3-5-9-18)22(28)26-14-12-25(13-15-26)21-10-6-7-11-23-21/h3-11,16-17H,12-15H2,1-2H3. The molecule has 1 aromatic carbocycles. The van der Waals surface area contributed by atoms with Crippen LogP contribution >= 0.6 is 0 Å². The van der Waals surface area contributed by atoms with Crippen molar-refractivity contribution in [2.24, 2.45) is 0 Å². The van der Waals surface area contributed by atoms with Gasteiger partial charge in [-0.15, -0.1) is 0 Å². The van der Waals surface area contributed by atoms with Crippen molar-refractivity contribution < 1.29 is 4.79 Å². The Morgan fingerprint density at radius 1 is 0.964 bits per heavy atom. The molecule has 0 radical (unpaired) electrons. The minimum absolute atomic E-state index is 0.0314. The molecule has 0 bridgehead atoms. The third kappa shape index (κ3) is 3.63. The Hall–Kier alpha value is -3.15. The van der Waals surface area contributed by atoms with Gasteiger partial charge >= 0.3 is 0 Å². The van der Waals surface area contributed by atoms with E-state index in [0.29, 0.717) is 18.8 Å². The molecule has 1 amide bonds. The molecule has 6 heteroatoms. The number of rotatable bonds is 4. The van der Waals surface area contributed by atoms with E-state index in [2.05, 4.69) is 23.7 Å². The van der Waals surface area contributed by atoms with E-state index in [1.165, 1.54) is 0 Å². The highest BCUT2D eigenvalue weighted by Crippen LogP contribution is 2.21. The monoisotopic (exact) mass is 375 g/mol. The van der Waals surface area contributed by atoms with E-state index in [0.717, 1.165) is 30.3 Å². The molecular formula is C22H25N5O. The molecule has 0 N–H and O–H groups in total. The lowest BCUT2D eigenvalue weighted by molar-refractivity contribution is 0.0737. The summed E-state index contributed by atoms with van der Waals surface area (Å²) in [5.41, 5.74) is 2.46. The molecule has 1 fully saturated rings. The van der Waals surface area contributed by atoms with Gasteiger partial charge in [-0.3, -0.25) is 4.79 Å². The van der Waals surface area contributed by atoms with Gasteiger partial charge in [0.15, 0.2) is 0 Å². The number of piperazine rings is 1. The maximum absolute atomic E-state index is 13.3. The van der Waals surface area contributed by atoms with Crippen LogP contribution in [0, 0.1) is 0 Å². The molecule has 0 spiro atoms. The van der Waals surface area contributed by atoms with E-state index in [1.54, 1.807) is 10.9 Å². The van der Waals surface area contributed by atoms with Crippen LogP contribution in [0.4, 0.5) is 5.82 Å². The Kier molecular flexibility index (Phi) is 5.10. The van der Waals surface area contributed by atoms with Crippen molar-refractivity contribution in [2.75, 3.05) is 31.1 Å². The molecule has 3 heterocycles. The Labute approximate surface area is 165 Å². The Balaban J connectivity index is 1.55. The molecule has 4 rings (SSSR count). The minimum atomic E-state index is 0.0314. The van der Waals surface area contributed by atoms with Crippen molar-refractivity contribution in [3.63, 3.8) is 0 Å². The predicted octanol–water partition coefficient (Wildman–Crippen LogP) is 3.35. The predicted molar refractivity (Wildman–Crippen MR) is 110 cm³/mol. The number of hydrogen-bond acceptors (Lipinski definition) is 4. The molecule has 0 atom stereocenters. The van der Waals surface area contributed by atoms with Crippen molar-refractivity contribution >= 4 is 11.7 Å². The summed E-state index contributed by atoms with van der Waals surface area (Å²) in [6, 6.07) is 17.7. The number of aromatic nitrogens is 3. The average molecular weight is 375 g/mol. The molecule has 144 valence electrons. The molecule has 1 aliphatic rings. The molecule has 1 aliphatic heterocycles. The summed E-state index contributed by atoms with van der Waals surface area (Å²) in [6.45, 7) is 7.09. The number of pyridine rings is 1. The zero-order valence-electron chi connectivity index (χ0n) is 16.3. The SMILES string of the molecule is CC(C)c1cc(C(=O)N2CCN(c3ccccn3)CC2)n(-c2ccccc2)n1. The van der Waals surface area contributed by atoms with Gasteiger partial charge in [0, 0.05) is 32.4 Å². The van der Waals surface area contributed by atoms with Crippen LogP contribution in [0.2, 0.25) is 0 Å². The van der Waals surface area contributed by atoms with E-state index in [1.807, 2.05) is 59.5 Å². The second-order valence-electron chi connectivity index (χ2n) is 7.32. The van der Waals surface area contributed by atoms with Gasteiger partial charge in [0.2, 0.25) is 0 Å². The fourth-order valence-corrected chi connectivity index (χ4v) is 3.44. The van der Waals surface area contributed by atoms with Gasteiger partial charge in [-0.25, -0.2) is 9.67 Å². The van der Waals surface area contributed by atoms with Crippen molar-refractivity contribution in [2.45, 2.75) is 19.8 Å². The first-order valence-corrected chi connectivity index (χ1v) is 9.74. The number of anilines is 1. The van der Waals surface area contributed by atoms with Crippen LogP contribution < -0.4 is 4.90 Å². The Morgan fingerprint density at radius 2 is 1.68 bits per heavy atom. The number of para-hydroxylation sites is 1. The largest absolute Gasteiger partial charge is 0.353 e. The van der Waals surface area contributed by atoms with Crippen LogP contribution in [0.15, 0.2) is 60.8 Å². The topological polar surface area (TPSA) is 54.3 Å². The van der Waals surface area contributed by atoms with Crippen LogP contribution in [0.25, 0.3) is 5.69 Å². The van der Waals surface area contributed by atoms with E-state index >= 15 is 0 Å². The number of carbonyl (C=O) groups excluding carboxylic acids is 1. The Bertz CT molecular complexity index is 928. The van der Waals surface area contributed by atoms with Gasteiger partial charge in [-0.1, -0.05) is 38.1 Å². The van der Waals surface area contributed by atoms with Crippen LogP contribution in [-0.2, 0) is 0 Å². The third-order valence-electron chi connectivity index (χ3n) is 5.08. The molecule has 0 aliphatic carbocycles. The number of hydrogen-bond donors (Lipinski definition) is 0. The maximum Gasteiger partial charge on any atom is 0.272 e. The molecule has 0 unspecified atom stereocenters. The number of amides is 1. The van der Waals surface area contributed by atoms with E-state index in [4.69, 9.17) is 5.10 Å². The van der Waals surface area contributed by atoms with E-state index in [-0.39, 0.29) is 11.8 Å². The molecule has 3 aromatic rings. The summed E-state index contributed by atoms with van der Waals surface area (Å²) in [5, 5.41) is 4.71. The molecule has 0 saturated carbocycles. The smallest absolute Gasteiger partial charge is 0.272 e. The van der Waals surface area contributed by atoms with Crippen LogP contribution in [0.3, 0.4) is 0 Å². The first-order chi connectivity index (χ1) is 13.6. The molecule has 28 heavy (non-hydrogen) atoms. The van der Waals surface area contributed by atoms with Crippen molar-refractivity contribution in [3.05, 3.63) is 72.2 Å². The molecule has 6 nitrogen and oxygen atoms in total. The second-order valence-corrected chi connectivity index (χ2v) is 7.32. The highest BCUT2D eigenvalue weighted by Gasteiger charge is 2.26. The van der Waals surface area contributed by atoms with Gasteiger partial charge in [-0.05, 0) is 36.2 Å². The van der Waals surface area contributed by atoms with Crippen molar-refractivity contribution in [1.82, 2.24) is 19.7 Å². The summed E-state index contributed by atoms with van der Waals surface area (Å²) in [7, 11) is 0. The van der Waals surface area contributed by atoms with E-state index < -0.39 is 0 Å². The molecule has 2 aromatic heterocycles. The second kappa shape index (κ2) is 7.84. The summed E-state index contributed by atoms with van der Waals surface area (Å²) in [6.07, 6.45) is 1.80. The summed E-state index contributed by atoms with van der Waals surface area (Å²) < 4.78 is 1.78. The van der Waals surface area contributed by atoms with Gasteiger partial charge < -0.3 is 9.80 Å². The van der Waals surface area contributed by atoms with Crippen LogP contribution in [-0.4, -0.2) is 51.8 Å².